The predicted molar refractivity (Wildman–Crippen MR) is 74.8 cm³/mol. The van der Waals surface area contributed by atoms with E-state index in [4.69, 9.17) is 10.2 Å². The molecular formula is C14H15NO3S. The lowest BCUT2D eigenvalue weighted by Crippen LogP contribution is -2.47. The Labute approximate surface area is 115 Å². The Kier molecular flexibility index (Phi) is 4.29. The van der Waals surface area contributed by atoms with Crippen LogP contribution in [0.3, 0.4) is 0 Å². The Bertz CT molecular complexity index is 527. The third-order valence-corrected chi connectivity index (χ3v) is 3.97. The third kappa shape index (κ3) is 3.19. The fourth-order valence-corrected chi connectivity index (χ4v) is 2.79. The van der Waals surface area contributed by atoms with Crippen LogP contribution in [0.1, 0.15) is 11.3 Å². The predicted octanol–water partition coefficient (Wildman–Crippen LogP) is 2.45. The highest BCUT2D eigenvalue weighted by atomic mass is 32.2. The Morgan fingerprint density at radius 1 is 1.26 bits per heavy atom. The second-order valence-corrected chi connectivity index (χ2v) is 5.20. The van der Waals surface area contributed by atoms with Crippen molar-refractivity contribution < 1.29 is 14.3 Å². The molecular weight excluding hydrogens is 262 g/mol. The number of hydrogen-bond acceptors (Lipinski definition) is 4. The number of hydrogen-bond donors (Lipinski definition) is 2. The van der Waals surface area contributed by atoms with Crippen LogP contribution in [0.5, 0.6) is 0 Å². The molecule has 2 aromatic rings. The molecule has 1 heterocycles. The molecule has 0 saturated heterocycles. The smallest absolute Gasteiger partial charge is 0.329 e. The number of carboxylic acids is 1. The molecule has 0 amide bonds. The van der Waals surface area contributed by atoms with Crippen LogP contribution in [-0.2, 0) is 16.1 Å². The van der Waals surface area contributed by atoms with Crippen molar-refractivity contribution in [2.45, 2.75) is 11.3 Å². The summed E-state index contributed by atoms with van der Waals surface area (Å²) in [7, 11) is 0. The van der Waals surface area contributed by atoms with Crippen molar-refractivity contribution in [3.05, 3.63) is 60.1 Å². The van der Waals surface area contributed by atoms with Gasteiger partial charge in [0.05, 0.1) is 12.0 Å². The van der Waals surface area contributed by atoms with E-state index in [1.165, 1.54) is 11.8 Å². The van der Waals surface area contributed by atoms with E-state index in [1.807, 2.05) is 12.1 Å². The SMILES string of the molecule is NC(CSCc1ccco1)(C(=O)O)c1ccccc1. The average molecular weight is 277 g/mol. The molecule has 1 unspecified atom stereocenters. The monoisotopic (exact) mass is 277 g/mol. The molecule has 0 radical (unpaired) electrons. The minimum Gasteiger partial charge on any atom is -0.480 e. The van der Waals surface area contributed by atoms with Gasteiger partial charge in [-0.25, -0.2) is 4.79 Å². The lowest BCUT2D eigenvalue weighted by atomic mass is 9.93. The van der Waals surface area contributed by atoms with Crippen LogP contribution in [0.25, 0.3) is 0 Å². The summed E-state index contributed by atoms with van der Waals surface area (Å²) < 4.78 is 5.21. The van der Waals surface area contributed by atoms with Crippen molar-refractivity contribution in [3.63, 3.8) is 0 Å². The van der Waals surface area contributed by atoms with Gasteiger partial charge in [-0.2, -0.15) is 11.8 Å². The molecule has 19 heavy (non-hydrogen) atoms. The van der Waals surface area contributed by atoms with Gasteiger partial charge in [0.1, 0.15) is 11.3 Å². The van der Waals surface area contributed by atoms with E-state index in [9.17, 15) is 9.90 Å². The van der Waals surface area contributed by atoms with Gasteiger partial charge in [0.25, 0.3) is 0 Å². The van der Waals surface area contributed by atoms with E-state index in [0.29, 0.717) is 11.3 Å². The second-order valence-electron chi connectivity index (χ2n) is 4.21. The molecule has 0 saturated carbocycles. The average Bonchev–Trinajstić information content (AvgIpc) is 2.92. The Hall–Kier alpha value is -1.72. The van der Waals surface area contributed by atoms with Gasteiger partial charge in [0.2, 0.25) is 0 Å². The van der Waals surface area contributed by atoms with Crippen LogP contribution in [0.4, 0.5) is 0 Å². The molecule has 0 bridgehead atoms. The Balaban J connectivity index is 2.06. The lowest BCUT2D eigenvalue weighted by molar-refractivity contribution is -0.142. The van der Waals surface area contributed by atoms with Gasteiger partial charge in [-0.05, 0) is 17.7 Å². The summed E-state index contributed by atoms with van der Waals surface area (Å²) >= 11 is 1.44. The number of thioether (sulfide) groups is 1. The molecule has 4 nitrogen and oxygen atoms in total. The van der Waals surface area contributed by atoms with E-state index >= 15 is 0 Å². The Morgan fingerprint density at radius 2 is 2.00 bits per heavy atom. The van der Waals surface area contributed by atoms with Gasteiger partial charge in [-0.15, -0.1) is 0 Å². The van der Waals surface area contributed by atoms with E-state index in [2.05, 4.69) is 0 Å². The topological polar surface area (TPSA) is 76.5 Å². The summed E-state index contributed by atoms with van der Waals surface area (Å²) in [4.78, 5) is 11.5. The van der Waals surface area contributed by atoms with Crippen molar-refractivity contribution >= 4 is 17.7 Å². The minimum absolute atomic E-state index is 0.285. The zero-order valence-corrected chi connectivity index (χ0v) is 11.1. The van der Waals surface area contributed by atoms with Gasteiger partial charge in [-0.3, -0.25) is 0 Å². The number of aliphatic carboxylic acids is 1. The van der Waals surface area contributed by atoms with Crippen LogP contribution >= 0.6 is 11.8 Å². The molecule has 1 aromatic carbocycles. The first kappa shape index (κ1) is 13.7. The summed E-state index contributed by atoms with van der Waals surface area (Å²) in [6.45, 7) is 0. The lowest BCUT2D eigenvalue weighted by Gasteiger charge is -2.24. The molecule has 1 aromatic heterocycles. The number of rotatable bonds is 6. The first-order chi connectivity index (χ1) is 9.13. The van der Waals surface area contributed by atoms with E-state index in [0.717, 1.165) is 5.76 Å². The van der Waals surface area contributed by atoms with Crippen molar-refractivity contribution in [2.75, 3.05) is 5.75 Å². The van der Waals surface area contributed by atoms with E-state index in [1.54, 1.807) is 36.6 Å². The van der Waals surface area contributed by atoms with Gasteiger partial charge >= 0.3 is 5.97 Å². The molecule has 5 heteroatoms. The maximum Gasteiger partial charge on any atom is 0.329 e. The highest BCUT2D eigenvalue weighted by Crippen LogP contribution is 2.25. The number of nitrogens with two attached hydrogens (primary N) is 1. The molecule has 0 aliphatic rings. The zero-order chi connectivity index (χ0) is 13.7. The van der Waals surface area contributed by atoms with Gasteiger partial charge in [0.15, 0.2) is 0 Å². The van der Waals surface area contributed by atoms with Crippen LogP contribution < -0.4 is 5.73 Å². The molecule has 2 rings (SSSR count). The van der Waals surface area contributed by atoms with Gasteiger partial charge in [0, 0.05) is 5.75 Å². The second kappa shape index (κ2) is 5.95. The number of carboxylic acid groups (broad SMARTS) is 1. The normalized spacial score (nSPS) is 13.9. The summed E-state index contributed by atoms with van der Waals surface area (Å²) in [6.07, 6.45) is 1.60. The number of benzene rings is 1. The van der Waals surface area contributed by atoms with Crippen molar-refractivity contribution in [1.29, 1.82) is 0 Å². The molecule has 1 atom stereocenters. The fourth-order valence-electron chi connectivity index (χ4n) is 1.71. The summed E-state index contributed by atoms with van der Waals surface area (Å²) in [5.41, 5.74) is 5.28. The van der Waals surface area contributed by atoms with Crippen molar-refractivity contribution in [1.82, 2.24) is 0 Å². The molecule has 0 fully saturated rings. The maximum atomic E-state index is 11.5. The largest absolute Gasteiger partial charge is 0.480 e. The fraction of sp³-hybridized carbons (Fsp3) is 0.214. The first-order valence-corrected chi connectivity index (χ1v) is 6.96. The quantitative estimate of drug-likeness (QED) is 0.848. The van der Waals surface area contributed by atoms with Crippen LogP contribution in [-0.4, -0.2) is 16.8 Å². The van der Waals surface area contributed by atoms with E-state index < -0.39 is 11.5 Å². The van der Waals surface area contributed by atoms with Gasteiger partial charge < -0.3 is 15.3 Å². The number of carbonyl (C=O) groups is 1. The van der Waals surface area contributed by atoms with E-state index in [-0.39, 0.29) is 5.75 Å². The number of furan rings is 1. The highest BCUT2D eigenvalue weighted by molar-refractivity contribution is 7.98. The maximum absolute atomic E-state index is 11.5. The molecule has 0 aliphatic carbocycles. The van der Waals surface area contributed by atoms with Crippen molar-refractivity contribution in [2.24, 2.45) is 5.73 Å². The highest BCUT2D eigenvalue weighted by Gasteiger charge is 2.35. The summed E-state index contributed by atoms with van der Waals surface area (Å²) in [5, 5.41) is 9.38. The zero-order valence-electron chi connectivity index (χ0n) is 10.3. The molecule has 100 valence electrons. The van der Waals surface area contributed by atoms with Gasteiger partial charge in [-0.1, -0.05) is 30.3 Å². The van der Waals surface area contributed by atoms with Crippen LogP contribution in [0, 0.1) is 0 Å². The Morgan fingerprint density at radius 3 is 2.58 bits per heavy atom. The van der Waals surface area contributed by atoms with Crippen LogP contribution in [0.15, 0.2) is 53.1 Å². The molecule has 3 N–H and O–H groups in total. The molecule has 0 aliphatic heterocycles. The standard InChI is InChI=1S/C14H15NO3S/c15-14(13(16)17,11-5-2-1-3-6-11)10-19-9-12-7-4-8-18-12/h1-8H,9-10,15H2,(H,16,17). The van der Waals surface area contributed by atoms with Crippen molar-refractivity contribution in [3.8, 4) is 0 Å². The minimum atomic E-state index is -1.38. The van der Waals surface area contributed by atoms with Crippen LogP contribution in [0.2, 0.25) is 0 Å². The first-order valence-electron chi connectivity index (χ1n) is 5.81. The third-order valence-electron chi connectivity index (χ3n) is 2.82. The summed E-state index contributed by atoms with van der Waals surface area (Å²) in [5.74, 6) is 0.676. The summed E-state index contributed by atoms with van der Waals surface area (Å²) in [6, 6.07) is 12.5. The molecule has 0 spiro atoms.